The van der Waals surface area contributed by atoms with Crippen molar-refractivity contribution in [3.8, 4) is 16.9 Å². The Balaban J connectivity index is 2.05. The quantitative estimate of drug-likeness (QED) is 0.317. The van der Waals surface area contributed by atoms with Crippen molar-refractivity contribution >= 4 is 29.7 Å². The third-order valence-corrected chi connectivity index (χ3v) is 4.75. The fourth-order valence-electron chi connectivity index (χ4n) is 2.78. The van der Waals surface area contributed by atoms with E-state index in [1.807, 2.05) is 34.4 Å². The zero-order valence-corrected chi connectivity index (χ0v) is 16.4. The van der Waals surface area contributed by atoms with E-state index in [4.69, 9.17) is 34.0 Å². The van der Waals surface area contributed by atoms with Gasteiger partial charge in [-0.15, -0.1) is 0 Å². The lowest BCUT2D eigenvalue weighted by molar-refractivity contribution is 0.311. The number of imidazole rings is 1. The number of aryl methyl sites for hydroxylation is 1. The first-order valence-electron chi connectivity index (χ1n) is 8.54. The second-order valence-corrected chi connectivity index (χ2v) is 6.72. The highest BCUT2D eigenvalue weighted by Gasteiger charge is 2.13. The van der Waals surface area contributed by atoms with E-state index in [9.17, 15) is 4.39 Å². The van der Waals surface area contributed by atoms with E-state index in [1.165, 1.54) is 12.1 Å². The molecular weight excluding hydrogens is 385 g/mol. The number of hydrogen-bond acceptors (Lipinski definition) is 3. The van der Waals surface area contributed by atoms with Crippen molar-refractivity contribution in [2.75, 3.05) is 6.61 Å². The van der Waals surface area contributed by atoms with Gasteiger partial charge < -0.3 is 9.30 Å². The predicted octanol–water partition coefficient (Wildman–Crippen LogP) is 5.87. The highest BCUT2D eigenvalue weighted by molar-refractivity contribution is 7.71. The summed E-state index contributed by atoms with van der Waals surface area (Å²) < 4.78 is 23.0. The average Bonchev–Trinajstić information content (AvgIpc) is 2.98. The predicted molar refractivity (Wildman–Crippen MR) is 109 cm³/mol. The second kappa shape index (κ2) is 8.50. The summed E-state index contributed by atoms with van der Waals surface area (Å²) in [6, 6.07) is 13.7. The van der Waals surface area contributed by atoms with Gasteiger partial charge in [-0.1, -0.05) is 11.6 Å². The van der Waals surface area contributed by atoms with Crippen LogP contribution < -0.4 is 0 Å². The third-order valence-electron chi connectivity index (χ3n) is 4.08. The van der Waals surface area contributed by atoms with Crippen molar-refractivity contribution in [3.63, 3.8) is 0 Å². The topological polar surface area (TPSA) is 42.9 Å². The summed E-state index contributed by atoms with van der Waals surface area (Å²) in [5, 5.41) is 8.45. The van der Waals surface area contributed by atoms with Gasteiger partial charge in [-0.05, 0) is 67.7 Å². The molecule has 1 N–H and O–H groups in total. The van der Waals surface area contributed by atoms with Crippen LogP contribution in [0, 0.1) is 16.0 Å². The van der Waals surface area contributed by atoms with E-state index in [0.29, 0.717) is 29.4 Å². The second-order valence-electron chi connectivity index (χ2n) is 5.92. The molecule has 7 heteroatoms. The average molecular weight is 404 g/mol. The molecule has 1 heterocycles. The highest BCUT2D eigenvalue weighted by Crippen LogP contribution is 2.26. The van der Waals surface area contributed by atoms with Gasteiger partial charge in [-0.3, -0.25) is 9.98 Å². The Kier molecular flexibility index (Phi) is 6.08. The molecule has 3 aromatic rings. The van der Waals surface area contributed by atoms with Crippen LogP contribution >= 0.6 is 23.8 Å². The summed E-state index contributed by atoms with van der Waals surface area (Å²) in [5.74, 6) is -0.0676. The van der Waals surface area contributed by atoms with Gasteiger partial charge in [0.25, 0.3) is 0 Å². The SMILES string of the molecule is CCOC(=N)CCn1cc(-c2ccc(F)cc2)n(-c2ccc(Cl)cc2)c1=S. The highest BCUT2D eigenvalue weighted by atomic mass is 35.5. The molecule has 0 bridgehead atoms. The van der Waals surface area contributed by atoms with Gasteiger partial charge in [-0.25, -0.2) is 4.39 Å². The van der Waals surface area contributed by atoms with Crippen LogP contribution in [-0.4, -0.2) is 21.6 Å². The van der Waals surface area contributed by atoms with E-state index in [0.717, 1.165) is 16.9 Å². The molecule has 3 rings (SSSR count). The Labute approximate surface area is 167 Å². The van der Waals surface area contributed by atoms with Gasteiger partial charge in [0, 0.05) is 35.4 Å². The number of hydrogen-bond donors (Lipinski definition) is 1. The number of rotatable bonds is 6. The van der Waals surface area contributed by atoms with Gasteiger partial charge in [0.2, 0.25) is 0 Å². The summed E-state index contributed by atoms with van der Waals surface area (Å²) in [5.41, 5.74) is 2.55. The standard InChI is InChI=1S/C20H19ClFN3OS/c1-2-26-19(23)11-12-24-13-18(14-3-7-16(22)8-4-14)25(20(24)27)17-9-5-15(21)6-10-17/h3-10,13,23H,2,11-12H2,1H3. The lowest BCUT2D eigenvalue weighted by Gasteiger charge is -2.09. The molecule has 0 unspecified atom stereocenters. The summed E-state index contributed by atoms with van der Waals surface area (Å²) >= 11 is 11.7. The number of nitrogens with zero attached hydrogens (tertiary/aromatic N) is 2. The molecule has 0 saturated heterocycles. The number of aromatic nitrogens is 2. The van der Waals surface area contributed by atoms with Crippen LogP contribution in [0.3, 0.4) is 0 Å². The lowest BCUT2D eigenvalue weighted by Crippen LogP contribution is -2.08. The molecule has 4 nitrogen and oxygen atoms in total. The van der Waals surface area contributed by atoms with Gasteiger partial charge in [0.05, 0.1) is 12.3 Å². The largest absolute Gasteiger partial charge is 0.481 e. The molecule has 0 radical (unpaired) electrons. The van der Waals surface area contributed by atoms with Crippen molar-refractivity contribution in [2.45, 2.75) is 19.9 Å². The van der Waals surface area contributed by atoms with Crippen molar-refractivity contribution in [1.29, 1.82) is 5.41 Å². The maximum Gasteiger partial charge on any atom is 0.184 e. The zero-order chi connectivity index (χ0) is 19.4. The Hall–Kier alpha value is -2.44. The molecule has 0 aliphatic carbocycles. The Bertz CT molecular complexity index is 994. The maximum atomic E-state index is 13.4. The number of ether oxygens (including phenoxy) is 1. The molecule has 2 aromatic carbocycles. The van der Waals surface area contributed by atoms with Crippen LogP contribution in [0.15, 0.2) is 54.7 Å². The summed E-state index contributed by atoms with van der Waals surface area (Å²) in [7, 11) is 0. The molecule has 0 spiro atoms. The minimum Gasteiger partial charge on any atom is -0.481 e. The first-order chi connectivity index (χ1) is 13.0. The van der Waals surface area contributed by atoms with E-state index in [-0.39, 0.29) is 11.7 Å². The normalized spacial score (nSPS) is 10.8. The molecule has 0 saturated carbocycles. The molecule has 0 fully saturated rings. The van der Waals surface area contributed by atoms with Crippen LogP contribution in [-0.2, 0) is 11.3 Å². The molecule has 0 aliphatic rings. The smallest absolute Gasteiger partial charge is 0.184 e. The fourth-order valence-corrected chi connectivity index (χ4v) is 3.26. The molecule has 0 amide bonds. The Morgan fingerprint density at radius 3 is 2.44 bits per heavy atom. The van der Waals surface area contributed by atoms with E-state index >= 15 is 0 Å². The van der Waals surface area contributed by atoms with Crippen molar-refractivity contribution in [2.24, 2.45) is 0 Å². The van der Waals surface area contributed by atoms with Gasteiger partial charge >= 0.3 is 0 Å². The fraction of sp³-hybridized carbons (Fsp3) is 0.200. The number of nitrogens with one attached hydrogen (secondary N) is 1. The molecule has 1 aromatic heterocycles. The number of halogens is 2. The first-order valence-corrected chi connectivity index (χ1v) is 9.32. The molecular formula is C20H19ClFN3OS. The Morgan fingerprint density at radius 2 is 1.81 bits per heavy atom. The molecule has 0 aliphatic heterocycles. The summed E-state index contributed by atoms with van der Waals surface area (Å²) in [6.07, 6.45) is 2.36. The van der Waals surface area contributed by atoms with E-state index < -0.39 is 0 Å². The van der Waals surface area contributed by atoms with Crippen molar-refractivity contribution in [3.05, 3.63) is 70.3 Å². The Morgan fingerprint density at radius 1 is 1.15 bits per heavy atom. The third kappa shape index (κ3) is 4.46. The first kappa shape index (κ1) is 19.3. The van der Waals surface area contributed by atoms with Crippen LogP contribution in [0.1, 0.15) is 13.3 Å². The summed E-state index contributed by atoms with van der Waals surface area (Å²) in [4.78, 5) is 0. The van der Waals surface area contributed by atoms with E-state index in [2.05, 4.69) is 0 Å². The van der Waals surface area contributed by atoms with Crippen LogP contribution in [0.4, 0.5) is 4.39 Å². The van der Waals surface area contributed by atoms with Gasteiger partial charge in [0.1, 0.15) is 5.82 Å². The van der Waals surface area contributed by atoms with Gasteiger partial charge in [0.15, 0.2) is 10.7 Å². The molecule has 27 heavy (non-hydrogen) atoms. The number of benzene rings is 2. The van der Waals surface area contributed by atoms with E-state index in [1.54, 1.807) is 24.3 Å². The van der Waals surface area contributed by atoms with Crippen molar-refractivity contribution in [1.82, 2.24) is 9.13 Å². The molecule has 140 valence electrons. The minimum atomic E-state index is -0.292. The van der Waals surface area contributed by atoms with Crippen LogP contribution in [0.2, 0.25) is 5.02 Å². The monoisotopic (exact) mass is 403 g/mol. The maximum absolute atomic E-state index is 13.4. The lowest BCUT2D eigenvalue weighted by atomic mass is 10.1. The van der Waals surface area contributed by atoms with Crippen LogP contribution in [0.5, 0.6) is 0 Å². The summed E-state index contributed by atoms with van der Waals surface area (Å²) in [6.45, 7) is 2.84. The van der Waals surface area contributed by atoms with Gasteiger partial charge in [-0.2, -0.15) is 0 Å². The van der Waals surface area contributed by atoms with Crippen LogP contribution in [0.25, 0.3) is 16.9 Å². The minimum absolute atomic E-state index is 0.224. The zero-order valence-electron chi connectivity index (χ0n) is 14.8. The molecule has 0 atom stereocenters. The van der Waals surface area contributed by atoms with Crippen molar-refractivity contribution < 1.29 is 9.13 Å².